The summed E-state index contributed by atoms with van der Waals surface area (Å²) in [5.74, 6) is -0.0696. The van der Waals surface area contributed by atoms with E-state index in [1.807, 2.05) is 36.0 Å². The maximum atomic E-state index is 13.0. The lowest BCUT2D eigenvalue weighted by molar-refractivity contribution is -0.141. The van der Waals surface area contributed by atoms with Crippen LogP contribution in [-0.4, -0.2) is 90.1 Å². The number of rotatable bonds is 13. The van der Waals surface area contributed by atoms with Crippen LogP contribution in [0.5, 0.6) is 0 Å². The molecule has 0 saturated carbocycles. The molecule has 2 amide bonds. The second-order valence-electron chi connectivity index (χ2n) is 10.4. The third-order valence-corrected chi connectivity index (χ3v) is 7.57. The molecule has 2 fully saturated rings. The Morgan fingerprint density at radius 3 is 2.44 bits per heavy atom. The number of fused-ring (bicyclic) bond motifs is 2. The maximum Gasteiger partial charge on any atom is 0.252 e. The first-order chi connectivity index (χ1) is 16.3. The average molecular weight is 473 g/mol. The number of primary amides is 1. The number of amides is 2. The van der Waals surface area contributed by atoms with Crippen LogP contribution < -0.4 is 5.73 Å². The summed E-state index contributed by atoms with van der Waals surface area (Å²) in [6.07, 6.45) is 7.99. The Balaban J connectivity index is 1.60. The Morgan fingerprint density at radius 1 is 1.12 bits per heavy atom. The van der Waals surface area contributed by atoms with Crippen LogP contribution in [0, 0.1) is 0 Å². The number of hydrogen-bond donors (Lipinski definition) is 2. The smallest absolute Gasteiger partial charge is 0.252 e. The summed E-state index contributed by atoms with van der Waals surface area (Å²) in [5.41, 5.74) is 7.29. The van der Waals surface area contributed by atoms with Crippen LogP contribution in [0.15, 0.2) is 24.3 Å². The minimum absolute atomic E-state index is 0.143. The van der Waals surface area contributed by atoms with E-state index < -0.39 is 6.10 Å². The molecule has 7 nitrogen and oxygen atoms in total. The Morgan fingerprint density at radius 2 is 1.82 bits per heavy atom. The van der Waals surface area contributed by atoms with Gasteiger partial charge in [-0.15, -0.1) is 0 Å². The fourth-order valence-corrected chi connectivity index (χ4v) is 5.79. The van der Waals surface area contributed by atoms with Gasteiger partial charge in [-0.3, -0.25) is 14.5 Å². The molecule has 2 aliphatic rings. The highest BCUT2D eigenvalue weighted by molar-refractivity contribution is 5.92. The van der Waals surface area contributed by atoms with Gasteiger partial charge in [0.05, 0.1) is 0 Å². The van der Waals surface area contributed by atoms with Crippen LogP contribution in [0.1, 0.15) is 80.1 Å². The van der Waals surface area contributed by atoms with Crippen molar-refractivity contribution in [1.82, 2.24) is 14.7 Å². The topological polar surface area (TPSA) is 90.1 Å². The van der Waals surface area contributed by atoms with E-state index in [4.69, 9.17) is 5.73 Å². The van der Waals surface area contributed by atoms with Crippen molar-refractivity contribution < 1.29 is 14.7 Å². The van der Waals surface area contributed by atoms with Crippen molar-refractivity contribution in [1.29, 1.82) is 0 Å². The number of piperidine rings is 1. The van der Waals surface area contributed by atoms with Gasteiger partial charge >= 0.3 is 0 Å². The van der Waals surface area contributed by atoms with Gasteiger partial charge in [-0.2, -0.15) is 0 Å². The molecule has 1 aromatic carbocycles. The van der Waals surface area contributed by atoms with E-state index in [1.54, 1.807) is 6.07 Å². The molecule has 1 aromatic rings. The van der Waals surface area contributed by atoms with Crippen molar-refractivity contribution in [3.8, 4) is 0 Å². The summed E-state index contributed by atoms with van der Waals surface area (Å²) >= 11 is 0. The van der Waals surface area contributed by atoms with Crippen molar-refractivity contribution in [3.05, 3.63) is 35.4 Å². The predicted octanol–water partition coefficient (Wildman–Crippen LogP) is 2.83. The van der Waals surface area contributed by atoms with Crippen molar-refractivity contribution >= 4 is 11.8 Å². The zero-order valence-electron chi connectivity index (χ0n) is 21.3. The molecule has 34 heavy (non-hydrogen) atoms. The summed E-state index contributed by atoms with van der Waals surface area (Å²) in [7, 11) is 3.76. The van der Waals surface area contributed by atoms with Gasteiger partial charge in [0.1, 0.15) is 6.10 Å². The van der Waals surface area contributed by atoms with Crippen LogP contribution in [0.25, 0.3) is 0 Å². The predicted molar refractivity (Wildman–Crippen MR) is 136 cm³/mol. The molecule has 2 aliphatic heterocycles. The lowest BCUT2D eigenvalue weighted by Gasteiger charge is -2.40. The van der Waals surface area contributed by atoms with E-state index >= 15 is 0 Å². The number of hydrogen-bond acceptors (Lipinski definition) is 5. The molecule has 2 heterocycles. The third kappa shape index (κ3) is 7.03. The quantitative estimate of drug-likeness (QED) is 0.431. The van der Waals surface area contributed by atoms with Crippen molar-refractivity contribution in [2.24, 2.45) is 5.73 Å². The number of benzene rings is 1. The van der Waals surface area contributed by atoms with Crippen LogP contribution >= 0.6 is 0 Å². The molecule has 7 heteroatoms. The zero-order chi connectivity index (χ0) is 24.7. The van der Waals surface area contributed by atoms with Gasteiger partial charge in [0.15, 0.2) is 0 Å². The molecule has 0 aromatic heterocycles. The van der Waals surface area contributed by atoms with Gasteiger partial charge in [0.2, 0.25) is 5.91 Å². The highest BCUT2D eigenvalue weighted by atomic mass is 16.3. The summed E-state index contributed by atoms with van der Waals surface area (Å²) in [4.78, 5) is 31.0. The maximum absolute atomic E-state index is 13.0. The van der Waals surface area contributed by atoms with Gasteiger partial charge in [-0.05, 0) is 69.8 Å². The van der Waals surface area contributed by atoms with E-state index in [0.29, 0.717) is 36.7 Å². The molecule has 4 atom stereocenters. The van der Waals surface area contributed by atoms with Crippen molar-refractivity contribution in [2.45, 2.75) is 82.4 Å². The first-order valence-electron chi connectivity index (χ1n) is 13.1. The van der Waals surface area contributed by atoms with Crippen molar-refractivity contribution in [2.75, 3.05) is 40.3 Å². The number of carbonyl (C=O) groups is 2. The molecule has 2 bridgehead atoms. The number of likely N-dealkylation sites (N-methyl/N-ethyl adjacent to an activating group) is 1. The summed E-state index contributed by atoms with van der Waals surface area (Å²) in [6, 6.07) is 8.81. The first kappa shape index (κ1) is 26.6. The molecule has 0 spiro atoms. The van der Waals surface area contributed by atoms with Gasteiger partial charge in [0, 0.05) is 43.8 Å². The summed E-state index contributed by atoms with van der Waals surface area (Å²) in [5, 5.41) is 10.5. The molecule has 0 radical (unpaired) electrons. The molecule has 0 aliphatic carbocycles. The van der Waals surface area contributed by atoms with Gasteiger partial charge < -0.3 is 20.6 Å². The van der Waals surface area contributed by atoms with Crippen LogP contribution in [-0.2, 0) is 4.79 Å². The summed E-state index contributed by atoms with van der Waals surface area (Å²) in [6.45, 7) is 4.79. The number of aliphatic hydroxyl groups is 1. The van der Waals surface area contributed by atoms with E-state index in [2.05, 4.69) is 17.9 Å². The molecule has 3 rings (SSSR count). The minimum atomic E-state index is -0.971. The Labute approximate surface area is 205 Å². The van der Waals surface area contributed by atoms with E-state index in [1.165, 1.54) is 24.8 Å². The monoisotopic (exact) mass is 472 g/mol. The lowest BCUT2D eigenvalue weighted by atomic mass is 9.84. The standard InChI is InChI=1S/C27H44N4O3/c1-4-5-6-7-13-30(27(34)25(32)19-29(2)3)14-15-31-23-11-12-24(31)18-22(17-23)20-9-8-10-21(16-20)26(28)33/h8-10,16,22-25,32H,4-7,11-15,17-19H2,1-3H3,(H2,28,33)/t22-,23+,24-,25?. The largest absolute Gasteiger partial charge is 0.382 e. The average Bonchev–Trinajstić information content (AvgIpc) is 3.04. The first-order valence-corrected chi connectivity index (χ1v) is 13.1. The van der Waals surface area contributed by atoms with Crippen LogP contribution in [0.4, 0.5) is 0 Å². The number of aliphatic hydroxyl groups excluding tert-OH is 1. The Hall–Kier alpha value is -1.96. The fourth-order valence-electron chi connectivity index (χ4n) is 5.79. The molecule has 190 valence electrons. The molecule has 1 unspecified atom stereocenters. The molecule has 3 N–H and O–H groups in total. The van der Waals surface area contributed by atoms with Crippen LogP contribution in [0.3, 0.4) is 0 Å². The molecular formula is C27H44N4O3. The van der Waals surface area contributed by atoms with Gasteiger partial charge in [-0.1, -0.05) is 38.3 Å². The minimum Gasteiger partial charge on any atom is -0.382 e. The van der Waals surface area contributed by atoms with E-state index in [-0.39, 0.29) is 11.8 Å². The number of nitrogens with zero attached hydrogens (tertiary/aromatic N) is 3. The fraction of sp³-hybridized carbons (Fsp3) is 0.704. The highest BCUT2D eigenvalue weighted by Crippen LogP contribution is 2.43. The zero-order valence-corrected chi connectivity index (χ0v) is 21.3. The molecule has 2 saturated heterocycles. The number of carbonyl (C=O) groups excluding carboxylic acids is 2. The normalized spacial score (nSPS) is 23.3. The van der Waals surface area contributed by atoms with E-state index in [0.717, 1.165) is 45.2 Å². The van der Waals surface area contributed by atoms with Crippen LogP contribution in [0.2, 0.25) is 0 Å². The van der Waals surface area contributed by atoms with Gasteiger partial charge in [0.25, 0.3) is 5.91 Å². The van der Waals surface area contributed by atoms with Gasteiger partial charge in [-0.25, -0.2) is 0 Å². The SMILES string of the molecule is CCCCCCN(CCN1[C@@H]2CC[C@H]1C[C@@H](c1cccc(C(N)=O)c1)C2)C(=O)C(O)CN(C)C. The Bertz CT molecular complexity index is 801. The highest BCUT2D eigenvalue weighted by Gasteiger charge is 2.41. The van der Waals surface area contributed by atoms with E-state index in [9.17, 15) is 14.7 Å². The second-order valence-corrected chi connectivity index (χ2v) is 10.4. The summed E-state index contributed by atoms with van der Waals surface area (Å²) < 4.78 is 0. The lowest BCUT2D eigenvalue weighted by Crippen LogP contribution is -2.49. The number of nitrogens with two attached hydrogens (primary N) is 1. The molecular weight excluding hydrogens is 428 g/mol. The van der Waals surface area contributed by atoms with Crippen molar-refractivity contribution in [3.63, 3.8) is 0 Å². The second kappa shape index (κ2) is 12.7. The Kier molecular flexibility index (Phi) is 9.92. The third-order valence-electron chi connectivity index (χ3n) is 7.57. The number of unbranched alkanes of at least 4 members (excludes halogenated alkanes) is 3.